The first kappa shape index (κ1) is 18.5. The van der Waals surface area contributed by atoms with Gasteiger partial charge < -0.3 is 9.30 Å². The van der Waals surface area contributed by atoms with Crippen molar-refractivity contribution in [3.8, 4) is 17.1 Å². The van der Waals surface area contributed by atoms with Crippen molar-refractivity contribution < 1.29 is 4.74 Å². The molecule has 0 amide bonds. The molecule has 0 spiro atoms. The molecule has 28 heavy (non-hydrogen) atoms. The van der Waals surface area contributed by atoms with E-state index in [0.717, 1.165) is 51.7 Å². The summed E-state index contributed by atoms with van der Waals surface area (Å²) in [5.74, 6) is 3.04. The number of aromatic nitrogens is 6. The standard InChI is InChI=1S/C20H22N6OS/c1-5-25-18(16-8-6-7-9-17(16)27-4)23-24-20(25)28-12-15-11-26-14(3)10-13(2)21-19(26)22-15/h6-11H,5,12H2,1-4H3. The smallest absolute Gasteiger partial charge is 0.234 e. The maximum atomic E-state index is 5.48. The predicted molar refractivity (Wildman–Crippen MR) is 110 cm³/mol. The molecule has 144 valence electrons. The molecule has 0 radical (unpaired) electrons. The van der Waals surface area contributed by atoms with Crippen LogP contribution >= 0.6 is 11.8 Å². The molecular weight excluding hydrogens is 372 g/mol. The first-order chi connectivity index (χ1) is 13.6. The molecule has 1 aromatic carbocycles. The summed E-state index contributed by atoms with van der Waals surface area (Å²) < 4.78 is 9.61. The third kappa shape index (κ3) is 3.35. The number of thioether (sulfide) groups is 1. The quantitative estimate of drug-likeness (QED) is 0.462. The Morgan fingerprint density at radius 3 is 2.71 bits per heavy atom. The SMILES string of the molecule is CCn1c(SCc2cn3c(C)cc(C)nc3n2)nnc1-c1ccccc1OC. The van der Waals surface area contributed by atoms with Gasteiger partial charge in [-0.05, 0) is 39.0 Å². The van der Waals surface area contributed by atoms with Crippen molar-refractivity contribution in [3.05, 3.63) is 53.6 Å². The highest BCUT2D eigenvalue weighted by molar-refractivity contribution is 7.98. The van der Waals surface area contributed by atoms with Gasteiger partial charge in [-0.25, -0.2) is 9.97 Å². The maximum absolute atomic E-state index is 5.48. The summed E-state index contributed by atoms with van der Waals surface area (Å²) >= 11 is 1.62. The van der Waals surface area contributed by atoms with Gasteiger partial charge in [0.25, 0.3) is 0 Å². The Balaban J connectivity index is 1.61. The number of hydrogen-bond donors (Lipinski definition) is 0. The molecule has 7 nitrogen and oxygen atoms in total. The van der Waals surface area contributed by atoms with E-state index in [1.165, 1.54) is 0 Å². The fourth-order valence-electron chi connectivity index (χ4n) is 3.24. The molecule has 8 heteroatoms. The maximum Gasteiger partial charge on any atom is 0.234 e. The van der Waals surface area contributed by atoms with Crippen LogP contribution in [0.15, 0.2) is 41.7 Å². The Morgan fingerprint density at radius 2 is 1.93 bits per heavy atom. The lowest BCUT2D eigenvalue weighted by Crippen LogP contribution is -2.01. The monoisotopic (exact) mass is 394 g/mol. The number of fused-ring (bicyclic) bond motifs is 1. The molecule has 3 heterocycles. The van der Waals surface area contributed by atoms with Crippen LogP contribution in [-0.2, 0) is 12.3 Å². The van der Waals surface area contributed by atoms with E-state index in [1.807, 2.05) is 41.8 Å². The van der Waals surface area contributed by atoms with Crippen molar-refractivity contribution in [2.24, 2.45) is 0 Å². The van der Waals surface area contributed by atoms with Crippen molar-refractivity contribution in [1.82, 2.24) is 29.1 Å². The Kier molecular flexibility index (Phi) is 5.04. The molecule has 3 aromatic heterocycles. The Morgan fingerprint density at radius 1 is 1.11 bits per heavy atom. The second-order valence-electron chi connectivity index (χ2n) is 6.48. The average Bonchev–Trinajstić information content (AvgIpc) is 3.29. The molecule has 0 aliphatic rings. The summed E-state index contributed by atoms with van der Waals surface area (Å²) in [6.07, 6.45) is 2.04. The van der Waals surface area contributed by atoms with Crippen molar-refractivity contribution >= 4 is 17.5 Å². The van der Waals surface area contributed by atoms with Crippen molar-refractivity contribution in [1.29, 1.82) is 0 Å². The highest BCUT2D eigenvalue weighted by Gasteiger charge is 2.17. The highest BCUT2D eigenvalue weighted by atomic mass is 32.2. The van der Waals surface area contributed by atoms with Crippen LogP contribution in [0.5, 0.6) is 5.75 Å². The van der Waals surface area contributed by atoms with Crippen LogP contribution in [-0.4, -0.2) is 36.2 Å². The van der Waals surface area contributed by atoms with Crippen LogP contribution in [0.1, 0.15) is 24.0 Å². The lowest BCUT2D eigenvalue weighted by molar-refractivity contribution is 0.416. The largest absolute Gasteiger partial charge is 0.496 e. The van der Waals surface area contributed by atoms with Crippen LogP contribution in [0.25, 0.3) is 17.2 Å². The van der Waals surface area contributed by atoms with E-state index in [2.05, 4.69) is 44.6 Å². The van der Waals surface area contributed by atoms with E-state index in [-0.39, 0.29) is 0 Å². The van der Waals surface area contributed by atoms with Gasteiger partial charge in [0.1, 0.15) is 5.75 Å². The van der Waals surface area contributed by atoms with Crippen molar-refractivity contribution in [2.45, 2.75) is 38.2 Å². The number of hydrogen-bond acceptors (Lipinski definition) is 6. The van der Waals surface area contributed by atoms with Crippen LogP contribution in [0, 0.1) is 13.8 Å². The molecule has 0 fully saturated rings. The zero-order valence-corrected chi connectivity index (χ0v) is 17.2. The molecule has 0 atom stereocenters. The molecule has 4 rings (SSSR count). The summed E-state index contributed by atoms with van der Waals surface area (Å²) in [5, 5.41) is 9.69. The number of methoxy groups -OCH3 is 1. The van der Waals surface area contributed by atoms with Gasteiger partial charge in [-0.3, -0.25) is 4.40 Å². The fourth-order valence-corrected chi connectivity index (χ4v) is 4.12. The number of benzene rings is 1. The van der Waals surface area contributed by atoms with Crippen molar-refractivity contribution in [3.63, 3.8) is 0 Å². The Bertz CT molecular complexity index is 1130. The number of imidazole rings is 1. The van der Waals surface area contributed by atoms with Gasteiger partial charge in [0.15, 0.2) is 11.0 Å². The summed E-state index contributed by atoms with van der Waals surface area (Å²) in [7, 11) is 1.67. The third-order valence-corrected chi connectivity index (χ3v) is 5.54. The topological polar surface area (TPSA) is 70.1 Å². The lowest BCUT2D eigenvalue weighted by atomic mass is 10.2. The normalized spacial score (nSPS) is 11.3. The number of aryl methyl sites for hydroxylation is 2. The minimum absolute atomic E-state index is 0.700. The minimum Gasteiger partial charge on any atom is -0.496 e. The molecular formula is C20H22N6OS. The van der Waals surface area contributed by atoms with Crippen LogP contribution < -0.4 is 4.74 Å². The van der Waals surface area contributed by atoms with E-state index >= 15 is 0 Å². The Hall–Kier alpha value is -2.87. The molecule has 0 unspecified atom stereocenters. The Labute approximate surface area is 167 Å². The highest BCUT2D eigenvalue weighted by Crippen LogP contribution is 2.31. The summed E-state index contributed by atoms with van der Waals surface area (Å²) in [6.45, 7) is 6.91. The van der Waals surface area contributed by atoms with E-state index in [4.69, 9.17) is 4.74 Å². The summed E-state index contributed by atoms with van der Waals surface area (Å²) in [6, 6.07) is 9.92. The average molecular weight is 395 g/mol. The number of rotatable bonds is 6. The summed E-state index contributed by atoms with van der Waals surface area (Å²) in [4.78, 5) is 9.16. The third-order valence-electron chi connectivity index (χ3n) is 4.54. The van der Waals surface area contributed by atoms with Crippen LogP contribution in [0.4, 0.5) is 0 Å². The second-order valence-corrected chi connectivity index (χ2v) is 7.42. The van der Waals surface area contributed by atoms with E-state index < -0.39 is 0 Å². The van der Waals surface area contributed by atoms with E-state index in [0.29, 0.717) is 5.75 Å². The number of para-hydroxylation sites is 1. The molecule has 0 saturated heterocycles. The van der Waals surface area contributed by atoms with Crippen LogP contribution in [0.2, 0.25) is 0 Å². The van der Waals surface area contributed by atoms with Crippen LogP contribution in [0.3, 0.4) is 0 Å². The fraction of sp³-hybridized carbons (Fsp3) is 0.300. The van der Waals surface area contributed by atoms with Gasteiger partial charge in [-0.2, -0.15) is 0 Å². The van der Waals surface area contributed by atoms with Gasteiger partial charge in [0, 0.05) is 29.9 Å². The van der Waals surface area contributed by atoms with Gasteiger partial charge in [-0.1, -0.05) is 23.9 Å². The summed E-state index contributed by atoms with van der Waals surface area (Å²) in [5.41, 5.74) is 4.01. The van der Waals surface area contributed by atoms with E-state index in [1.54, 1.807) is 18.9 Å². The van der Waals surface area contributed by atoms with Gasteiger partial charge in [-0.15, -0.1) is 10.2 Å². The van der Waals surface area contributed by atoms with Gasteiger partial charge in [0.05, 0.1) is 18.4 Å². The first-order valence-corrected chi connectivity index (χ1v) is 10.1. The number of nitrogens with zero attached hydrogens (tertiary/aromatic N) is 6. The van der Waals surface area contributed by atoms with Gasteiger partial charge >= 0.3 is 0 Å². The number of ether oxygens (including phenoxy) is 1. The van der Waals surface area contributed by atoms with E-state index in [9.17, 15) is 0 Å². The zero-order valence-electron chi connectivity index (χ0n) is 16.4. The predicted octanol–water partition coefficient (Wildman–Crippen LogP) is 3.93. The van der Waals surface area contributed by atoms with Gasteiger partial charge in [0.2, 0.25) is 5.78 Å². The molecule has 0 saturated carbocycles. The second kappa shape index (κ2) is 7.63. The molecule has 0 N–H and O–H groups in total. The lowest BCUT2D eigenvalue weighted by Gasteiger charge is -2.10. The first-order valence-electron chi connectivity index (χ1n) is 9.12. The molecule has 0 aliphatic heterocycles. The zero-order chi connectivity index (χ0) is 19.7. The molecule has 4 aromatic rings. The van der Waals surface area contributed by atoms with Crippen molar-refractivity contribution in [2.75, 3.05) is 7.11 Å². The molecule has 0 aliphatic carbocycles. The minimum atomic E-state index is 0.700. The molecule has 0 bridgehead atoms.